The van der Waals surface area contributed by atoms with Gasteiger partial charge in [0.1, 0.15) is 12.3 Å². The molecule has 0 saturated carbocycles. The third kappa shape index (κ3) is 6.71. The van der Waals surface area contributed by atoms with Crippen LogP contribution < -0.4 is 25.3 Å². The molecule has 0 aliphatic heterocycles. The highest BCUT2D eigenvalue weighted by atomic mass is 16.5. The summed E-state index contributed by atoms with van der Waals surface area (Å²) < 4.78 is 16.4. The molecule has 0 radical (unpaired) electrons. The van der Waals surface area contributed by atoms with Gasteiger partial charge in [0.2, 0.25) is 11.8 Å². The predicted octanol–water partition coefficient (Wildman–Crippen LogP) is 3.53. The smallest absolute Gasteiger partial charge is 0.255 e. The number of nitrogens with one attached hydrogen (secondary N) is 1. The van der Waals surface area contributed by atoms with Crippen LogP contribution in [-0.4, -0.2) is 67.2 Å². The lowest BCUT2D eigenvalue weighted by Crippen LogP contribution is -2.19. The number of nitrogens with two attached hydrogens (primary N) is 1. The Balaban J connectivity index is 1.56. The fraction of sp³-hybridized carbons (Fsp3) is 0.241. The Hall–Kier alpha value is -4.88. The topological polar surface area (TPSA) is 125 Å². The molecule has 0 aliphatic carbocycles. The van der Waals surface area contributed by atoms with Crippen molar-refractivity contribution in [3.8, 4) is 29.2 Å². The zero-order valence-corrected chi connectivity index (χ0v) is 22.5. The van der Waals surface area contributed by atoms with Gasteiger partial charge < -0.3 is 30.2 Å². The maximum Gasteiger partial charge on any atom is 0.255 e. The van der Waals surface area contributed by atoms with Gasteiger partial charge in [0, 0.05) is 35.2 Å². The number of likely N-dealkylation sites (N-methyl/N-ethyl adjacent to an activating group) is 1. The number of hydrogen-bond acceptors (Lipinski definition) is 9. The molecule has 0 fully saturated rings. The first-order chi connectivity index (χ1) is 18.8. The summed E-state index contributed by atoms with van der Waals surface area (Å²) in [5.41, 5.74) is 9.55. The minimum absolute atomic E-state index is 0.0894. The van der Waals surface area contributed by atoms with Crippen molar-refractivity contribution in [1.82, 2.24) is 19.9 Å². The summed E-state index contributed by atoms with van der Waals surface area (Å²) in [6, 6.07) is 12.3. The van der Waals surface area contributed by atoms with E-state index in [4.69, 9.17) is 19.9 Å². The molecule has 0 saturated heterocycles. The van der Waals surface area contributed by atoms with Crippen molar-refractivity contribution < 1.29 is 19.0 Å². The maximum absolute atomic E-state index is 12.9. The van der Waals surface area contributed by atoms with E-state index >= 15 is 0 Å². The Kier molecular flexibility index (Phi) is 8.43. The van der Waals surface area contributed by atoms with Crippen LogP contribution in [0.15, 0.2) is 48.7 Å². The molecule has 4 aromatic rings. The summed E-state index contributed by atoms with van der Waals surface area (Å²) >= 11 is 0. The van der Waals surface area contributed by atoms with Crippen molar-refractivity contribution in [2.24, 2.45) is 0 Å². The van der Waals surface area contributed by atoms with Crippen LogP contribution >= 0.6 is 0 Å². The van der Waals surface area contributed by atoms with Gasteiger partial charge in [-0.1, -0.05) is 12.0 Å². The molecule has 2 aromatic heterocycles. The minimum Gasteiger partial charge on any atom is -0.493 e. The number of nitrogen functional groups attached to an aromatic ring is 1. The Labute approximate surface area is 227 Å². The van der Waals surface area contributed by atoms with E-state index in [2.05, 4.69) is 32.1 Å². The van der Waals surface area contributed by atoms with Crippen LogP contribution in [0, 0.1) is 18.8 Å². The van der Waals surface area contributed by atoms with Gasteiger partial charge in [0.15, 0.2) is 11.5 Å². The highest BCUT2D eigenvalue weighted by molar-refractivity contribution is 6.04. The summed E-state index contributed by atoms with van der Waals surface area (Å²) in [4.78, 5) is 27.8. The molecule has 2 heterocycles. The third-order valence-electron chi connectivity index (χ3n) is 5.82. The second-order valence-electron chi connectivity index (χ2n) is 8.93. The summed E-state index contributed by atoms with van der Waals surface area (Å²) in [6.45, 7) is 3.23. The van der Waals surface area contributed by atoms with Crippen LogP contribution in [0.4, 0.5) is 11.6 Å². The van der Waals surface area contributed by atoms with E-state index in [9.17, 15) is 4.79 Å². The summed E-state index contributed by atoms with van der Waals surface area (Å²) in [6.07, 6.45) is 1.56. The lowest BCUT2D eigenvalue weighted by atomic mass is 10.0. The number of ether oxygens (including phenoxy) is 3. The number of benzene rings is 2. The number of aromatic nitrogens is 3. The molecular weight excluding hydrogens is 496 g/mol. The monoisotopic (exact) mass is 526 g/mol. The fourth-order valence-electron chi connectivity index (χ4n) is 3.67. The van der Waals surface area contributed by atoms with Gasteiger partial charge in [0.05, 0.1) is 31.6 Å². The van der Waals surface area contributed by atoms with Crippen molar-refractivity contribution in [2.45, 2.75) is 6.92 Å². The Bertz CT molecular complexity index is 1560. The van der Waals surface area contributed by atoms with Gasteiger partial charge in [-0.3, -0.25) is 4.79 Å². The predicted molar refractivity (Wildman–Crippen MR) is 150 cm³/mol. The number of fused-ring (bicyclic) bond motifs is 1. The van der Waals surface area contributed by atoms with Gasteiger partial charge in [0.25, 0.3) is 5.91 Å². The van der Waals surface area contributed by atoms with E-state index in [-0.39, 0.29) is 11.9 Å². The van der Waals surface area contributed by atoms with E-state index in [0.29, 0.717) is 57.4 Å². The Morgan fingerprint density at radius 1 is 1.03 bits per heavy atom. The summed E-state index contributed by atoms with van der Waals surface area (Å²) in [7, 11) is 7.05. The Morgan fingerprint density at radius 3 is 2.49 bits per heavy atom. The number of anilines is 2. The molecule has 0 unspecified atom stereocenters. The molecule has 200 valence electrons. The first-order valence-electron chi connectivity index (χ1n) is 12.1. The Morgan fingerprint density at radius 2 is 1.79 bits per heavy atom. The average Bonchev–Trinajstić information content (AvgIpc) is 2.92. The number of nitrogens with zero attached hydrogens (tertiary/aromatic N) is 4. The summed E-state index contributed by atoms with van der Waals surface area (Å²) in [5.74, 6) is 7.57. The average molecular weight is 527 g/mol. The van der Waals surface area contributed by atoms with Crippen molar-refractivity contribution in [1.29, 1.82) is 0 Å². The SMILES string of the molecule is COc1cc2nc(N)nc(C#Cc3cc(C(=O)Nc4ccc(OCCN(C)C)nc4)ccc3C)c2cc1OC. The van der Waals surface area contributed by atoms with Gasteiger partial charge >= 0.3 is 0 Å². The van der Waals surface area contributed by atoms with Gasteiger partial charge in [-0.05, 0) is 56.8 Å². The van der Waals surface area contributed by atoms with Gasteiger partial charge in [-0.25, -0.2) is 15.0 Å². The molecule has 0 spiro atoms. The molecule has 10 heteroatoms. The first-order valence-corrected chi connectivity index (χ1v) is 12.1. The number of aryl methyl sites for hydroxylation is 1. The van der Waals surface area contributed by atoms with E-state index in [1.807, 2.05) is 32.0 Å². The van der Waals surface area contributed by atoms with Crippen LogP contribution in [0.3, 0.4) is 0 Å². The lowest BCUT2D eigenvalue weighted by molar-refractivity contribution is 0.102. The zero-order chi connectivity index (χ0) is 27.9. The van der Waals surface area contributed by atoms with Crippen LogP contribution in [0.25, 0.3) is 10.9 Å². The highest BCUT2D eigenvalue weighted by Gasteiger charge is 2.12. The lowest BCUT2D eigenvalue weighted by Gasteiger charge is -2.11. The number of carbonyl (C=O) groups is 1. The van der Waals surface area contributed by atoms with Gasteiger partial charge in [-0.2, -0.15) is 0 Å². The van der Waals surface area contributed by atoms with Crippen LogP contribution in [0.2, 0.25) is 0 Å². The van der Waals surface area contributed by atoms with Crippen molar-refractivity contribution in [2.75, 3.05) is 52.5 Å². The highest BCUT2D eigenvalue weighted by Crippen LogP contribution is 2.32. The molecule has 4 rings (SSSR count). The number of amides is 1. The second kappa shape index (κ2) is 12.1. The van der Waals surface area contributed by atoms with Gasteiger partial charge in [-0.15, -0.1) is 0 Å². The number of rotatable bonds is 8. The molecular formula is C29H30N6O4. The van der Waals surface area contributed by atoms with Crippen LogP contribution in [-0.2, 0) is 0 Å². The minimum atomic E-state index is -0.283. The molecule has 1 amide bonds. The zero-order valence-electron chi connectivity index (χ0n) is 22.5. The summed E-state index contributed by atoms with van der Waals surface area (Å²) in [5, 5.41) is 3.53. The van der Waals surface area contributed by atoms with Crippen LogP contribution in [0.5, 0.6) is 17.4 Å². The second-order valence-corrected chi connectivity index (χ2v) is 8.93. The number of methoxy groups -OCH3 is 2. The number of carbonyl (C=O) groups excluding carboxylic acids is 1. The molecule has 0 aliphatic rings. The molecule has 3 N–H and O–H groups in total. The van der Waals surface area contributed by atoms with E-state index in [1.54, 1.807) is 56.8 Å². The van der Waals surface area contributed by atoms with E-state index in [1.165, 1.54) is 0 Å². The molecule has 0 atom stereocenters. The van der Waals surface area contributed by atoms with E-state index < -0.39 is 0 Å². The molecule has 2 aromatic carbocycles. The first kappa shape index (κ1) is 27.2. The number of pyridine rings is 1. The largest absolute Gasteiger partial charge is 0.493 e. The standard InChI is InChI=1S/C29H30N6O4/c1-18-6-7-20(28(36)32-21-9-11-27(31-17-21)39-13-12-35(2)3)14-19(18)8-10-23-22-15-25(37-4)26(38-5)16-24(22)34-29(30)33-23/h6-7,9,11,14-17H,12-13H2,1-5H3,(H,32,36)(H2,30,33,34). The van der Waals surface area contributed by atoms with E-state index in [0.717, 1.165) is 12.1 Å². The number of hydrogen-bond donors (Lipinski definition) is 2. The van der Waals surface area contributed by atoms with Crippen LogP contribution in [0.1, 0.15) is 27.2 Å². The molecule has 39 heavy (non-hydrogen) atoms. The third-order valence-corrected chi connectivity index (χ3v) is 5.82. The van der Waals surface area contributed by atoms with Crippen molar-refractivity contribution >= 4 is 28.4 Å². The van der Waals surface area contributed by atoms with Crippen molar-refractivity contribution in [3.05, 3.63) is 71.0 Å². The maximum atomic E-state index is 12.9. The molecule has 0 bridgehead atoms. The normalized spacial score (nSPS) is 10.6. The van der Waals surface area contributed by atoms with Crippen molar-refractivity contribution in [3.63, 3.8) is 0 Å². The molecule has 10 nitrogen and oxygen atoms in total. The fourth-order valence-corrected chi connectivity index (χ4v) is 3.67. The quantitative estimate of drug-likeness (QED) is 0.332.